The Kier molecular flexibility index (Phi) is 4.38. The number of pyridine rings is 1. The van der Waals surface area contributed by atoms with Gasteiger partial charge in [-0.2, -0.15) is 0 Å². The van der Waals surface area contributed by atoms with Crippen molar-refractivity contribution in [1.82, 2.24) is 9.55 Å². The second-order valence-corrected chi connectivity index (χ2v) is 4.82. The fourth-order valence-corrected chi connectivity index (χ4v) is 2.19. The summed E-state index contributed by atoms with van der Waals surface area (Å²) in [6.45, 7) is 0. The number of benzene rings is 1. The molecule has 23 heavy (non-hydrogen) atoms. The highest BCUT2D eigenvalue weighted by Crippen LogP contribution is 2.18. The summed E-state index contributed by atoms with van der Waals surface area (Å²) < 4.78 is 12.3. The molecular formula is C18H17N3O2. The van der Waals surface area contributed by atoms with Crippen LogP contribution in [0.1, 0.15) is 5.69 Å². The number of methoxy groups -OCH3 is 2. The maximum absolute atomic E-state index is 5.19. The molecule has 0 aliphatic rings. The van der Waals surface area contributed by atoms with Crippen LogP contribution in [0.25, 0.3) is 5.69 Å². The van der Waals surface area contributed by atoms with Gasteiger partial charge in [-0.15, -0.1) is 0 Å². The summed E-state index contributed by atoms with van der Waals surface area (Å²) in [7, 11) is 3.25. The van der Waals surface area contributed by atoms with Gasteiger partial charge in [0.05, 0.1) is 38.0 Å². The molecule has 2 aromatic heterocycles. The van der Waals surface area contributed by atoms with Gasteiger partial charge in [0, 0.05) is 18.0 Å². The summed E-state index contributed by atoms with van der Waals surface area (Å²) in [5.41, 5.74) is 2.80. The Morgan fingerprint density at radius 1 is 1.00 bits per heavy atom. The monoisotopic (exact) mass is 307 g/mol. The average Bonchev–Trinajstić information content (AvgIpc) is 3.09. The maximum Gasteiger partial charge on any atom is 0.213 e. The van der Waals surface area contributed by atoms with Crippen LogP contribution < -0.4 is 9.47 Å². The van der Waals surface area contributed by atoms with Crippen LogP contribution in [0.5, 0.6) is 11.6 Å². The Bertz CT molecular complexity index is 790. The molecule has 0 saturated carbocycles. The van der Waals surface area contributed by atoms with Crippen molar-refractivity contribution in [3.05, 3.63) is 66.6 Å². The van der Waals surface area contributed by atoms with E-state index in [0.717, 1.165) is 22.8 Å². The SMILES string of the molecule is COc1ccc(-n2cccc2C=Nc2ccc(OC)nc2)cc1. The molecule has 0 amide bonds. The van der Waals surface area contributed by atoms with E-state index in [1.54, 1.807) is 26.5 Å². The van der Waals surface area contributed by atoms with Crippen molar-refractivity contribution in [2.45, 2.75) is 0 Å². The van der Waals surface area contributed by atoms with Gasteiger partial charge >= 0.3 is 0 Å². The molecule has 0 aliphatic carbocycles. The summed E-state index contributed by atoms with van der Waals surface area (Å²) in [5, 5.41) is 0. The third kappa shape index (κ3) is 3.40. The van der Waals surface area contributed by atoms with Crippen LogP contribution in [0.2, 0.25) is 0 Å². The molecule has 0 aliphatic heterocycles. The van der Waals surface area contributed by atoms with Crippen molar-refractivity contribution in [1.29, 1.82) is 0 Å². The standard InChI is InChI=1S/C18H17N3O2/c1-22-17-8-6-15(7-9-17)21-11-3-4-16(21)13-19-14-5-10-18(23-2)20-12-14/h3-13H,1-2H3. The number of ether oxygens (including phenoxy) is 2. The normalized spacial score (nSPS) is 10.9. The highest BCUT2D eigenvalue weighted by atomic mass is 16.5. The van der Waals surface area contributed by atoms with Gasteiger partial charge in [-0.25, -0.2) is 4.98 Å². The Balaban J connectivity index is 1.83. The molecule has 2 heterocycles. The molecular weight excluding hydrogens is 290 g/mol. The molecule has 116 valence electrons. The molecule has 3 rings (SSSR count). The van der Waals surface area contributed by atoms with Crippen molar-refractivity contribution in [2.75, 3.05) is 14.2 Å². The van der Waals surface area contributed by atoms with E-state index in [9.17, 15) is 0 Å². The number of aliphatic imine (C=N–C) groups is 1. The number of hydrogen-bond acceptors (Lipinski definition) is 4. The van der Waals surface area contributed by atoms with Gasteiger partial charge in [0.2, 0.25) is 5.88 Å². The fraction of sp³-hybridized carbons (Fsp3) is 0.111. The average molecular weight is 307 g/mol. The van der Waals surface area contributed by atoms with Gasteiger partial charge in [-0.1, -0.05) is 0 Å². The highest BCUT2D eigenvalue weighted by molar-refractivity contribution is 5.81. The van der Waals surface area contributed by atoms with Gasteiger partial charge in [0.15, 0.2) is 0 Å². The first-order chi connectivity index (χ1) is 11.3. The molecule has 0 radical (unpaired) electrons. The van der Waals surface area contributed by atoms with Crippen molar-refractivity contribution in [3.63, 3.8) is 0 Å². The molecule has 0 saturated heterocycles. The molecule has 1 aromatic carbocycles. The third-order valence-electron chi connectivity index (χ3n) is 3.41. The lowest BCUT2D eigenvalue weighted by Gasteiger charge is -2.07. The van der Waals surface area contributed by atoms with E-state index in [0.29, 0.717) is 5.88 Å². The molecule has 0 N–H and O–H groups in total. The zero-order valence-electron chi connectivity index (χ0n) is 13.0. The molecule has 5 nitrogen and oxygen atoms in total. The van der Waals surface area contributed by atoms with E-state index in [1.165, 1.54) is 0 Å². The van der Waals surface area contributed by atoms with Crippen LogP contribution in [0, 0.1) is 0 Å². The van der Waals surface area contributed by atoms with E-state index in [1.807, 2.05) is 54.9 Å². The zero-order valence-corrected chi connectivity index (χ0v) is 13.0. The molecule has 0 bridgehead atoms. The lowest BCUT2D eigenvalue weighted by Crippen LogP contribution is -1.97. The van der Waals surface area contributed by atoms with Crippen LogP contribution in [0.4, 0.5) is 5.69 Å². The highest BCUT2D eigenvalue weighted by Gasteiger charge is 2.02. The largest absolute Gasteiger partial charge is 0.497 e. The molecule has 3 aromatic rings. The summed E-state index contributed by atoms with van der Waals surface area (Å²) >= 11 is 0. The minimum absolute atomic E-state index is 0.575. The smallest absolute Gasteiger partial charge is 0.213 e. The maximum atomic E-state index is 5.19. The topological polar surface area (TPSA) is 48.6 Å². The lowest BCUT2D eigenvalue weighted by molar-refractivity contribution is 0.398. The molecule has 0 atom stereocenters. The lowest BCUT2D eigenvalue weighted by atomic mass is 10.3. The van der Waals surface area contributed by atoms with E-state index in [-0.39, 0.29) is 0 Å². The van der Waals surface area contributed by atoms with Gasteiger partial charge in [0.1, 0.15) is 5.75 Å². The van der Waals surface area contributed by atoms with Crippen molar-refractivity contribution in [2.24, 2.45) is 4.99 Å². The Labute approximate surface area is 134 Å². The Hall–Kier alpha value is -3.08. The van der Waals surface area contributed by atoms with Gasteiger partial charge in [0.25, 0.3) is 0 Å². The number of rotatable bonds is 5. The van der Waals surface area contributed by atoms with E-state index in [2.05, 4.69) is 14.5 Å². The van der Waals surface area contributed by atoms with Gasteiger partial charge in [-0.3, -0.25) is 4.99 Å². The predicted molar refractivity (Wildman–Crippen MR) is 90.4 cm³/mol. The minimum atomic E-state index is 0.575. The quantitative estimate of drug-likeness (QED) is 0.676. The second-order valence-electron chi connectivity index (χ2n) is 4.82. The first kappa shape index (κ1) is 14.8. The zero-order chi connectivity index (χ0) is 16.1. The third-order valence-corrected chi connectivity index (χ3v) is 3.41. The summed E-state index contributed by atoms with van der Waals surface area (Å²) in [5.74, 6) is 1.41. The molecule has 0 fully saturated rings. The van der Waals surface area contributed by atoms with Crippen molar-refractivity contribution in [3.8, 4) is 17.3 Å². The molecule has 0 spiro atoms. The predicted octanol–water partition coefficient (Wildman–Crippen LogP) is 3.64. The van der Waals surface area contributed by atoms with Gasteiger partial charge in [-0.05, 0) is 42.5 Å². The van der Waals surface area contributed by atoms with Crippen molar-refractivity contribution < 1.29 is 9.47 Å². The number of aromatic nitrogens is 2. The van der Waals surface area contributed by atoms with E-state index < -0.39 is 0 Å². The summed E-state index contributed by atoms with van der Waals surface area (Å²) in [6, 6.07) is 15.5. The minimum Gasteiger partial charge on any atom is -0.497 e. The molecule has 5 heteroatoms. The van der Waals surface area contributed by atoms with Crippen molar-refractivity contribution >= 4 is 11.9 Å². The first-order valence-corrected chi connectivity index (χ1v) is 7.16. The van der Waals surface area contributed by atoms with Crippen LogP contribution in [-0.4, -0.2) is 30.0 Å². The van der Waals surface area contributed by atoms with Crippen LogP contribution in [-0.2, 0) is 0 Å². The number of nitrogens with zero attached hydrogens (tertiary/aromatic N) is 3. The summed E-state index contributed by atoms with van der Waals surface area (Å²) in [6.07, 6.45) is 5.49. The number of hydrogen-bond donors (Lipinski definition) is 0. The Morgan fingerprint density at radius 3 is 2.48 bits per heavy atom. The second kappa shape index (κ2) is 6.79. The van der Waals surface area contributed by atoms with E-state index in [4.69, 9.17) is 9.47 Å². The van der Waals surface area contributed by atoms with Crippen LogP contribution >= 0.6 is 0 Å². The summed E-state index contributed by atoms with van der Waals surface area (Å²) in [4.78, 5) is 8.60. The van der Waals surface area contributed by atoms with Crippen LogP contribution in [0.3, 0.4) is 0 Å². The first-order valence-electron chi connectivity index (χ1n) is 7.16. The fourth-order valence-electron chi connectivity index (χ4n) is 2.19. The molecule has 0 unspecified atom stereocenters. The van der Waals surface area contributed by atoms with Gasteiger partial charge < -0.3 is 14.0 Å². The van der Waals surface area contributed by atoms with E-state index >= 15 is 0 Å². The Morgan fingerprint density at radius 2 is 1.83 bits per heavy atom. The van der Waals surface area contributed by atoms with Crippen LogP contribution in [0.15, 0.2) is 65.9 Å².